The summed E-state index contributed by atoms with van der Waals surface area (Å²) < 4.78 is 0. The van der Waals surface area contributed by atoms with Gasteiger partial charge in [0.1, 0.15) is 22.4 Å². The molecule has 10 N–H and O–H groups in total. The average molecular weight is 2040 g/mol. The molecular formula is C81H99Cl2N8O7Pd6S+. The van der Waals surface area contributed by atoms with Gasteiger partial charge in [-0.05, 0) is 208 Å². The molecule has 0 aliphatic rings. The number of hydrogen-bond donors (Lipinski definition) is 8. The van der Waals surface area contributed by atoms with Gasteiger partial charge in [0.15, 0.2) is 5.11 Å². The number of nitro groups is 1. The van der Waals surface area contributed by atoms with Gasteiger partial charge in [0.05, 0.1) is 28.2 Å². The monoisotopic (exact) mass is 2030 g/mol. The molecule has 8 rings (SSSR count). The van der Waals surface area contributed by atoms with Crippen LogP contribution < -0.4 is 27.4 Å². The Morgan fingerprint density at radius 3 is 1.14 bits per heavy atom. The second kappa shape index (κ2) is 58.5. The molecular weight excluding hydrogens is 1940 g/mol. The predicted molar refractivity (Wildman–Crippen MR) is 408 cm³/mol. The van der Waals surface area contributed by atoms with Gasteiger partial charge in [0.25, 0.3) is 5.69 Å². The minimum Gasteiger partial charge on any atom is 0 e. The average Bonchev–Trinajstić information content (AvgIpc) is 0.846. The smallest absolute Gasteiger partial charge is 0 e. The van der Waals surface area contributed by atoms with Crippen LogP contribution >= 0.6 is 31.3 Å². The van der Waals surface area contributed by atoms with Crippen molar-refractivity contribution in [2.75, 3.05) is 26.7 Å². The van der Waals surface area contributed by atoms with E-state index < -0.39 is 16.9 Å². The van der Waals surface area contributed by atoms with Gasteiger partial charge in [-0.1, -0.05) is 210 Å². The largest absolute Gasteiger partial charge is 0 e. The topological polar surface area (TPSA) is 285 Å². The van der Waals surface area contributed by atoms with Crippen molar-refractivity contribution in [2.24, 2.45) is 11.5 Å². The summed E-state index contributed by atoms with van der Waals surface area (Å²) in [4.78, 5) is 31.2. The molecule has 15 nitrogen and oxygen atoms in total. The summed E-state index contributed by atoms with van der Waals surface area (Å²) in [6.07, 6.45) is 2.90. The SMILES string of the molecule is CC(C)c1ccc(C(=O)O)c(O)c1.CC(C)c1ccc([N+](=O)[O-])c(C(=O)O)c1.CC(C)c1cccc(C#[NH+])c1.CC(c1ccc(C#N)cc1)C(C)c1ccc(C#N)cc1.CC(c1ccc(CCN)cc1)C(C)c1ccc(CCN)cc1.CNC(=S)NCCc1ccc(C(C)C)cc1.[Cl][Pd][Cl].[Pd].[Pd].[Pd].[Pd].[Pd]. The molecule has 0 fully saturated rings. The van der Waals surface area contributed by atoms with Gasteiger partial charge in [-0.3, -0.25) is 10.1 Å². The summed E-state index contributed by atoms with van der Waals surface area (Å²) >= 11 is 4.90. The maximum atomic E-state index is 10.8. The number of carboxylic acid groups (broad SMARTS) is 2. The number of nitrogens with one attached hydrogen (secondary N) is 3. The predicted octanol–water partition coefficient (Wildman–Crippen LogP) is 17.3. The van der Waals surface area contributed by atoms with E-state index >= 15 is 0 Å². The van der Waals surface area contributed by atoms with Crippen LogP contribution in [0.2, 0.25) is 0 Å². The second-order valence-corrected chi connectivity index (χ2v) is 27.8. The molecule has 0 amide bonds. The van der Waals surface area contributed by atoms with Crippen LogP contribution in [-0.4, -0.2) is 64.0 Å². The number of rotatable bonds is 20. The Morgan fingerprint density at radius 1 is 0.505 bits per heavy atom. The van der Waals surface area contributed by atoms with Crippen LogP contribution in [0, 0.1) is 38.8 Å². The van der Waals surface area contributed by atoms with Crippen LogP contribution in [0.4, 0.5) is 5.69 Å². The van der Waals surface area contributed by atoms with Crippen molar-refractivity contribution in [3.05, 3.63) is 281 Å². The summed E-state index contributed by atoms with van der Waals surface area (Å²) in [5, 5.41) is 68.7. The number of nitrogens with zero attached hydrogens (tertiary/aromatic N) is 3. The van der Waals surface area contributed by atoms with E-state index in [-0.39, 0.29) is 152 Å². The number of carbonyl (C=O) groups is 2. The minimum atomic E-state index is -1.27. The number of thiocarbonyl (C=S) groups is 1. The number of nitrogens with two attached hydrogens (primary N) is 2. The van der Waals surface area contributed by atoms with Crippen molar-refractivity contribution in [1.29, 1.82) is 10.5 Å². The van der Waals surface area contributed by atoms with Gasteiger partial charge in [-0.2, -0.15) is 10.5 Å². The van der Waals surface area contributed by atoms with Gasteiger partial charge in [0.2, 0.25) is 0 Å². The van der Waals surface area contributed by atoms with Crippen molar-refractivity contribution in [3.8, 4) is 24.0 Å². The van der Waals surface area contributed by atoms with E-state index in [1.807, 2.05) is 101 Å². The van der Waals surface area contributed by atoms with Crippen molar-refractivity contribution in [3.63, 3.8) is 0 Å². The van der Waals surface area contributed by atoms with Gasteiger partial charge in [0, 0.05) is 122 Å². The summed E-state index contributed by atoms with van der Waals surface area (Å²) in [5.74, 6) is 0.714. The molecule has 0 spiro atoms. The molecule has 0 aliphatic carbocycles. The van der Waals surface area contributed by atoms with E-state index in [0.29, 0.717) is 64.8 Å². The maximum Gasteiger partial charge on any atom is 0 e. The quantitative estimate of drug-likeness (QED) is 0.0152. The summed E-state index contributed by atoms with van der Waals surface area (Å²) in [5.41, 5.74) is 26.3. The van der Waals surface area contributed by atoms with E-state index in [9.17, 15) is 24.8 Å². The summed E-state index contributed by atoms with van der Waals surface area (Å²) in [6.45, 7) is 27.7. The standard InChI is InChI=1S/C20H28N2.C18H16N2.C13H20N2S.C10H11NO4.C10H11N.C10H12O3.2ClH.6Pd/c1-15(19-7-3-17(4-8-19)11-13-21)16(2)20-9-5-18(6-10-20)12-14-22;1-13(17-7-3-15(11-19)4-8-17)14(2)18-9-5-16(12-20)6-10-18;1-10(2)12-6-4-11(5-7-12)8-9-15-13(16)14-3;1-6(2)7-3-4-9(11(14)15)8(5-7)10(12)13;1-8(2)10-5-3-4-9(6-10)7-11;1-6(2)7-3-4-8(10(12)13)9(11)5-7;;;;;;;;/h3-10,15-16H,11-14,21-22H2,1-2H3;3-10,13-14H,1-2H3;4-7,10H,8-9H2,1-3H3,(H2,14,15,16);3-6H,1-2H3,(H,12,13);3-6,8H,1-2H3;3-6,11H,1-2H3,(H,12,13);2*1H;;;;;;/q;;;;;;;;;;;;;+2/p-1. The zero-order valence-corrected chi connectivity index (χ0v) is 72.9. The molecule has 8 aromatic rings. The molecule has 584 valence electrons. The molecule has 24 heteroatoms. The summed E-state index contributed by atoms with van der Waals surface area (Å²) in [7, 11) is 11.5. The minimum absolute atomic E-state index is 0. The number of phenols is 1. The Bertz CT molecular complexity index is 3820. The van der Waals surface area contributed by atoms with E-state index in [1.165, 1.54) is 74.3 Å². The first-order chi connectivity index (χ1) is 47.5. The molecule has 0 aliphatic heterocycles. The fourth-order valence-corrected chi connectivity index (χ4v) is 10.1. The fourth-order valence-electron chi connectivity index (χ4n) is 9.97. The number of carboxylic acids is 2. The number of halogens is 2. The molecule has 0 radical (unpaired) electrons. The molecule has 0 aromatic heterocycles. The Hall–Kier alpha value is -5.47. The van der Waals surface area contributed by atoms with Crippen molar-refractivity contribution in [2.45, 2.75) is 150 Å². The van der Waals surface area contributed by atoms with Crippen LogP contribution in [0.1, 0.15) is 229 Å². The zero-order chi connectivity index (χ0) is 75.0. The first-order valence-corrected chi connectivity index (χ1v) is 37.5. The maximum absolute atomic E-state index is 10.8. The van der Waals surface area contributed by atoms with Crippen molar-refractivity contribution < 1.29 is 153 Å². The fraction of sp³-hybridized carbons (Fsp3) is 0.333. The summed E-state index contributed by atoms with van der Waals surface area (Å²) in [6, 6.07) is 65.5. The third-order valence-corrected chi connectivity index (χ3v) is 17.2. The Kier molecular flexibility index (Phi) is 59.0. The number of hydrogen-bond acceptors (Lipinski definition) is 10. The number of nitro benzene ring substituents is 1. The third-order valence-electron chi connectivity index (χ3n) is 16.8. The third kappa shape index (κ3) is 39.5. The van der Waals surface area contributed by atoms with Gasteiger partial charge in [-0.25, -0.2) is 9.59 Å². The van der Waals surface area contributed by atoms with Crippen LogP contribution in [0.15, 0.2) is 182 Å². The number of benzene rings is 8. The molecule has 4 atom stereocenters. The Labute approximate surface area is 713 Å². The number of aromatic hydroxyl groups is 1. The van der Waals surface area contributed by atoms with Gasteiger partial charge in [-0.15, -0.1) is 0 Å². The molecule has 105 heavy (non-hydrogen) atoms. The molecule has 0 bridgehead atoms. The van der Waals surface area contributed by atoms with Crippen LogP contribution in [0.5, 0.6) is 5.75 Å². The van der Waals surface area contributed by atoms with E-state index in [1.54, 1.807) is 12.1 Å². The molecule has 0 heterocycles. The molecule has 8 aromatic carbocycles. The molecule has 0 saturated heterocycles. The van der Waals surface area contributed by atoms with Crippen LogP contribution in [0.25, 0.3) is 0 Å². The van der Waals surface area contributed by atoms with Crippen molar-refractivity contribution in [1.82, 2.24) is 10.6 Å². The second-order valence-electron chi connectivity index (χ2n) is 25.0. The van der Waals surface area contributed by atoms with Gasteiger partial charge >= 0.3 is 53.0 Å². The van der Waals surface area contributed by atoms with E-state index in [2.05, 4.69) is 163 Å². The molecule has 4 unspecified atom stereocenters. The van der Waals surface area contributed by atoms with E-state index in [4.69, 9.17) is 68.7 Å². The van der Waals surface area contributed by atoms with Crippen LogP contribution in [0.3, 0.4) is 0 Å². The normalized spacial score (nSPS) is 10.9. The molecule has 0 saturated carbocycles. The van der Waals surface area contributed by atoms with Crippen LogP contribution in [-0.2, 0) is 137 Å². The first kappa shape index (κ1) is 106. The zero-order valence-electron chi connectivity index (χ0n) is 61.2. The van der Waals surface area contributed by atoms with E-state index in [0.717, 1.165) is 42.5 Å². The Balaban J connectivity index is -0.000000580. The number of aromatic carboxylic acids is 2. The number of nitriles is 2. The Morgan fingerprint density at radius 2 is 0.829 bits per heavy atom. The van der Waals surface area contributed by atoms with Crippen molar-refractivity contribution >= 4 is 54.0 Å². The van der Waals surface area contributed by atoms with Gasteiger partial charge < -0.3 is 37.4 Å². The first-order valence-electron chi connectivity index (χ1n) is 33.1.